The summed E-state index contributed by atoms with van der Waals surface area (Å²) in [7, 11) is -4.62. The molecule has 1 amide bonds. The molecule has 0 bridgehead atoms. The van der Waals surface area contributed by atoms with Crippen molar-refractivity contribution >= 4 is 21.8 Å². The van der Waals surface area contributed by atoms with Crippen LogP contribution >= 0.6 is 0 Å². The molecular weight excluding hydrogens is 304 g/mol. The van der Waals surface area contributed by atoms with Gasteiger partial charge in [-0.05, 0) is 12.1 Å². The van der Waals surface area contributed by atoms with Crippen molar-refractivity contribution in [1.82, 2.24) is 0 Å². The molecule has 1 atom stereocenters. The summed E-state index contributed by atoms with van der Waals surface area (Å²) in [6, 6.07) is 6.58. The Labute approximate surface area is 121 Å². The summed E-state index contributed by atoms with van der Waals surface area (Å²) in [6.45, 7) is -0.704. The Kier molecular flexibility index (Phi) is 4.76. The van der Waals surface area contributed by atoms with Gasteiger partial charge >= 0.3 is 10.2 Å². The number of carbonyl (C=O) groups is 1. The average Bonchev–Trinajstić information content (AvgIpc) is 2.75. The molecule has 1 unspecified atom stereocenters. The van der Waals surface area contributed by atoms with E-state index in [0.29, 0.717) is 11.4 Å². The molecule has 1 aliphatic rings. The second-order valence-electron chi connectivity index (χ2n) is 4.79. The molecule has 1 fully saturated rings. The second-order valence-corrected chi connectivity index (χ2v) is 6.20. The highest BCUT2D eigenvalue weighted by Crippen LogP contribution is 2.33. The molecule has 2 rings (SSSR count). The third-order valence-electron chi connectivity index (χ3n) is 3.13. The topological polar surface area (TPSA) is 63.7 Å². The summed E-state index contributed by atoms with van der Waals surface area (Å²) in [5, 5.41) is 0. The van der Waals surface area contributed by atoms with Crippen molar-refractivity contribution in [3.8, 4) is 5.75 Å². The predicted molar refractivity (Wildman–Crippen MR) is 73.3 cm³/mol. The maximum atomic E-state index is 12.7. The van der Waals surface area contributed by atoms with Crippen LogP contribution in [0.1, 0.15) is 6.42 Å². The lowest BCUT2D eigenvalue weighted by atomic mass is 10.1. The van der Waals surface area contributed by atoms with Gasteiger partial charge in [0, 0.05) is 18.9 Å². The van der Waals surface area contributed by atoms with Crippen LogP contribution in [0.15, 0.2) is 24.3 Å². The number of hydrogen-bond acceptors (Lipinski definition) is 4. The number of anilines is 1. The first-order valence-corrected chi connectivity index (χ1v) is 7.96. The SMILES string of the molecule is O=C1CC(CS(=O)(=O)F)CN1c1ccccc1OCCF. The number of carbonyl (C=O) groups excluding carboxylic acids is 1. The molecule has 0 saturated carbocycles. The summed E-state index contributed by atoms with van der Waals surface area (Å²) in [4.78, 5) is 13.3. The molecule has 0 radical (unpaired) electrons. The number of alkyl halides is 1. The molecule has 0 aliphatic carbocycles. The van der Waals surface area contributed by atoms with Gasteiger partial charge in [0.15, 0.2) is 0 Å². The van der Waals surface area contributed by atoms with Crippen molar-refractivity contribution in [1.29, 1.82) is 0 Å². The van der Waals surface area contributed by atoms with Gasteiger partial charge in [0.2, 0.25) is 5.91 Å². The van der Waals surface area contributed by atoms with Crippen LogP contribution in [-0.4, -0.2) is 39.9 Å². The van der Waals surface area contributed by atoms with Crippen LogP contribution in [0.5, 0.6) is 5.75 Å². The summed E-state index contributed by atoms with van der Waals surface area (Å²) < 4.78 is 51.5. The van der Waals surface area contributed by atoms with E-state index in [9.17, 15) is 21.5 Å². The van der Waals surface area contributed by atoms with Gasteiger partial charge in [0.1, 0.15) is 19.0 Å². The van der Waals surface area contributed by atoms with E-state index in [1.807, 2.05) is 0 Å². The molecule has 8 heteroatoms. The Hall–Kier alpha value is -1.70. The monoisotopic (exact) mass is 319 g/mol. The zero-order valence-corrected chi connectivity index (χ0v) is 12.0. The Balaban J connectivity index is 2.17. The predicted octanol–water partition coefficient (Wildman–Crippen LogP) is 1.69. The first-order valence-electron chi connectivity index (χ1n) is 6.41. The lowest BCUT2D eigenvalue weighted by Gasteiger charge is -2.20. The molecule has 1 saturated heterocycles. The van der Waals surface area contributed by atoms with Crippen LogP contribution in [0.25, 0.3) is 0 Å². The van der Waals surface area contributed by atoms with Crippen LogP contribution < -0.4 is 9.64 Å². The minimum atomic E-state index is -4.62. The molecule has 0 aromatic heterocycles. The number of hydrogen-bond donors (Lipinski definition) is 0. The molecular formula is C13H15F2NO4S. The molecule has 5 nitrogen and oxygen atoms in total. The Morgan fingerprint density at radius 2 is 2.05 bits per heavy atom. The third kappa shape index (κ3) is 4.13. The summed E-state index contributed by atoms with van der Waals surface area (Å²) >= 11 is 0. The lowest BCUT2D eigenvalue weighted by molar-refractivity contribution is -0.117. The molecule has 1 aliphatic heterocycles. The Morgan fingerprint density at radius 3 is 2.71 bits per heavy atom. The maximum Gasteiger partial charge on any atom is 0.302 e. The lowest BCUT2D eigenvalue weighted by Crippen LogP contribution is -2.26. The molecule has 1 aromatic carbocycles. The van der Waals surface area contributed by atoms with E-state index in [2.05, 4.69) is 0 Å². The highest BCUT2D eigenvalue weighted by atomic mass is 32.3. The summed E-state index contributed by atoms with van der Waals surface area (Å²) in [5.74, 6) is -1.24. The van der Waals surface area contributed by atoms with Gasteiger partial charge in [0.05, 0.1) is 11.4 Å². The first-order chi connectivity index (χ1) is 9.90. The molecule has 1 aromatic rings. The molecule has 1 heterocycles. The molecule has 21 heavy (non-hydrogen) atoms. The number of amides is 1. The van der Waals surface area contributed by atoms with E-state index in [4.69, 9.17) is 4.74 Å². The molecule has 0 N–H and O–H groups in total. The van der Waals surface area contributed by atoms with E-state index in [-0.39, 0.29) is 25.5 Å². The minimum absolute atomic E-state index is 0.0411. The van der Waals surface area contributed by atoms with Crippen LogP contribution in [0, 0.1) is 5.92 Å². The number of para-hydroxylation sites is 2. The highest BCUT2D eigenvalue weighted by molar-refractivity contribution is 7.86. The van der Waals surface area contributed by atoms with Crippen molar-refractivity contribution < 1.29 is 26.2 Å². The van der Waals surface area contributed by atoms with E-state index in [1.54, 1.807) is 24.3 Å². The average molecular weight is 319 g/mol. The van der Waals surface area contributed by atoms with Crippen molar-refractivity contribution in [2.45, 2.75) is 6.42 Å². The number of halogens is 2. The van der Waals surface area contributed by atoms with Gasteiger partial charge in [-0.1, -0.05) is 12.1 Å². The second kappa shape index (κ2) is 6.38. The van der Waals surface area contributed by atoms with Crippen molar-refractivity contribution in [3.63, 3.8) is 0 Å². The fraction of sp³-hybridized carbons (Fsp3) is 0.462. The quantitative estimate of drug-likeness (QED) is 0.749. The zero-order valence-electron chi connectivity index (χ0n) is 11.2. The van der Waals surface area contributed by atoms with E-state index in [0.717, 1.165) is 0 Å². The standard InChI is InChI=1S/C13H15F2NO4S/c14-5-6-20-12-4-2-1-3-11(12)16-8-10(7-13(16)17)9-21(15,18)19/h1-4,10H,5-9H2. The summed E-state index contributed by atoms with van der Waals surface area (Å²) in [5.41, 5.74) is 0.440. The largest absolute Gasteiger partial charge is 0.489 e. The minimum Gasteiger partial charge on any atom is -0.489 e. The van der Waals surface area contributed by atoms with Crippen molar-refractivity contribution in [3.05, 3.63) is 24.3 Å². The first kappa shape index (κ1) is 15.7. The van der Waals surface area contributed by atoms with Gasteiger partial charge in [-0.25, -0.2) is 4.39 Å². The number of benzene rings is 1. The third-order valence-corrected chi connectivity index (χ3v) is 4.00. The van der Waals surface area contributed by atoms with Crippen molar-refractivity contribution in [2.75, 3.05) is 30.5 Å². The van der Waals surface area contributed by atoms with Crippen LogP contribution in [0.3, 0.4) is 0 Å². The fourth-order valence-electron chi connectivity index (χ4n) is 2.36. The van der Waals surface area contributed by atoms with Gasteiger partial charge in [0.25, 0.3) is 0 Å². The normalized spacial score (nSPS) is 19.0. The Morgan fingerprint density at radius 1 is 1.33 bits per heavy atom. The maximum absolute atomic E-state index is 12.7. The van der Waals surface area contributed by atoms with E-state index in [1.165, 1.54) is 4.90 Å². The smallest absolute Gasteiger partial charge is 0.302 e. The zero-order chi connectivity index (χ0) is 15.5. The number of rotatable bonds is 6. The van der Waals surface area contributed by atoms with Gasteiger partial charge in [-0.2, -0.15) is 8.42 Å². The van der Waals surface area contributed by atoms with Gasteiger partial charge < -0.3 is 9.64 Å². The van der Waals surface area contributed by atoms with Crippen LogP contribution in [0.4, 0.5) is 14.0 Å². The number of nitrogens with zero attached hydrogens (tertiary/aromatic N) is 1. The van der Waals surface area contributed by atoms with Crippen molar-refractivity contribution in [2.24, 2.45) is 5.92 Å². The number of ether oxygens (including phenoxy) is 1. The fourth-order valence-corrected chi connectivity index (χ4v) is 3.14. The van der Waals surface area contributed by atoms with E-state index < -0.39 is 28.6 Å². The summed E-state index contributed by atoms with van der Waals surface area (Å²) in [6.07, 6.45) is -0.0411. The molecule has 116 valence electrons. The van der Waals surface area contributed by atoms with Crippen LogP contribution in [0.2, 0.25) is 0 Å². The van der Waals surface area contributed by atoms with Crippen LogP contribution in [-0.2, 0) is 15.0 Å². The van der Waals surface area contributed by atoms with Gasteiger partial charge in [-0.3, -0.25) is 4.79 Å². The van der Waals surface area contributed by atoms with E-state index >= 15 is 0 Å². The van der Waals surface area contributed by atoms with Gasteiger partial charge in [-0.15, -0.1) is 3.89 Å². The highest BCUT2D eigenvalue weighted by Gasteiger charge is 2.34. The Bertz CT molecular complexity index is 620. The molecule has 0 spiro atoms.